The van der Waals surface area contributed by atoms with Crippen LogP contribution in [-0.2, 0) is 4.79 Å². The van der Waals surface area contributed by atoms with Crippen molar-refractivity contribution in [3.8, 4) is 28.4 Å². The number of carbonyl (C=O) groups excluding carboxylic acids is 1. The molecule has 34 heavy (non-hydrogen) atoms. The summed E-state index contributed by atoms with van der Waals surface area (Å²) >= 11 is 0. The summed E-state index contributed by atoms with van der Waals surface area (Å²) in [5, 5.41) is 13.3. The Bertz CT molecular complexity index is 1070. The highest BCUT2D eigenvalue weighted by molar-refractivity contribution is 5.92. The van der Waals surface area contributed by atoms with Crippen molar-refractivity contribution in [2.45, 2.75) is 13.0 Å². The van der Waals surface area contributed by atoms with E-state index in [4.69, 9.17) is 14.2 Å². The fourth-order valence-electron chi connectivity index (χ4n) is 3.75. The van der Waals surface area contributed by atoms with Crippen molar-refractivity contribution in [3.63, 3.8) is 0 Å². The molecule has 0 saturated carbocycles. The molecule has 7 nitrogen and oxygen atoms in total. The zero-order chi connectivity index (χ0) is 23.8. The van der Waals surface area contributed by atoms with Crippen LogP contribution in [0.5, 0.6) is 17.2 Å². The second-order valence-electron chi connectivity index (χ2n) is 8.09. The van der Waals surface area contributed by atoms with Gasteiger partial charge in [-0.25, -0.2) is 0 Å². The molecule has 0 fully saturated rings. The smallest absolute Gasteiger partial charge is 0.238 e. The molecule has 178 valence electrons. The standard InChI is InChI=1S/C27H30N2O5/c1-2-29(18-27(31)28-22-10-13-25-26(16-22)33-15-14-32-25)17-23(30)19-34-24-11-8-21(9-12-24)20-6-4-3-5-7-20/h3-13,16,23,30H,2,14-15,17-19H2,1H3,(H,28,31). The van der Waals surface area contributed by atoms with Crippen molar-refractivity contribution in [1.29, 1.82) is 0 Å². The number of aliphatic hydroxyl groups excluding tert-OH is 1. The second-order valence-corrected chi connectivity index (χ2v) is 8.09. The van der Waals surface area contributed by atoms with Crippen LogP contribution in [-0.4, -0.2) is 61.5 Å². The van der Waals surface area contributed by atoms with Crippen molar-refractivity contribution in [1.82, 2.24) is 4.90 Å². The van der Waals surface area contributed by atoms with Gasteiger partial charge in [-0.1, -0.05) is 49.4 Å². The minimum Gasteiger partial charge on any atom is -0.491 e. The van der Waals surface area contributed by atoms with E-state index in [9.17, 15) is 9.90 Å². The third-order valence-electron chi connectivity index (χ3n) is 5.51. The number of nitrogens with one attached hydrogen (secondary N) is 1. The summed E-state index contributed by atoms with van der Waals surface area (Å²) in [7, 11) is 0. The SMILES string of the molecule is CCN(CC(=O)Nc1ccc2c(c1)OCCO2)CC(O)COc1ccc(-c2ccccc2)cc1. The molecule has 7 heteroatoms. The van der Waals surface area contributed by atoms with Crippen LogP contribution in [0.3, 0.4) is 0 Å². The van der Waals surface area contributed by atoms with E-state index >= 15 is 0 Å². The molecule has 1 unspecified atom stereocenters. The van der Waals surface area contributed by atoms with Gasteiger partial charge in [0, 0.05) is 18.3 Å². The molecule has 4 rings (SSSR count). The summed E-state index contributed by atoms with van der Waals surface area (Å²) in [6, 6.07) is 23.2. The van der Waals surface area contributed by atoms with Crippen molar-refractivity contribution >= 4 is 11.6 Å². The first-order chi connectivity index (χ1) is 16.6. The first-order valence-corrected chi connectivity index (χ1v) is 11.5. The number of rotatable bonds is 10. The normalized spacial score (nSPS) is 13.4. The number of likely N-dealkylation sites (N-methyl/N-ethyl adjacent to an activating group) is 1. The van der Waals surface area contributed by atoms with Crippen LogP contribution in [0.1, 0.15) is 6.92 Å². The van der Waals surface area contributed by atoms with Crippen LogP contribution in [0, 0.1) is 0 Å². The number of benzene rings is 3. The highest BCUT2D eigenvalue weighted by Crippen LogP contribution is 2.32. The molecule has 0 aliphatic carbocycles. The van der Waals surface area contributed by atoms with E-state index in [-0.39, 0.29) is 19.1 Å². The highest BCUT2D eigenvalue weighted by atomic mass is 16.6. The average molecular weight is 463 g/mol. The number of aliphatic hydroxyl groups is 1. The van der Waals surface area contributed by atoms with Crippen LogP contribution in [0.4, 0.5) is 5.69 Å². The molecule has 0 bridgehead atoms. The minimum atomic E-state index is -0.726. The van der Waals surface area contributed by atoms with Crippen LogP contribution in [0.15, 0.2) is 72.8 Å². The molecule has 1 aliphatic heterocycles. The topological polar surface area (TPSA) is 80.3 Å². The number of carbonyl (C=O) groups is 1. The lowest BCUT2D eigenvalue weighted by molar-refractivity contribution is -0.117. The Labute approximate surface area is 199 Å². The van der Waals surface area contributed by atoms with Crippen molar-refractivity contribution < 1.29 is 24.1 Å². The fourth-order valence-corrected chi connectivity index (χ4v) is 3.75. The van der Waals surface area contributed by atoms with Crippen LogP contribution in [0.2, 0.25) is 0 Å². The minimum absolute atomic E-state index is 0.144. The van der Waals surface area contributed by atoms with Gasteiger partial charge in [0.05, 0.1) is 6.54 Å². The lowest BCUT2D eigenvalue weighted by Gasteiger charge is -2.23. The molecule has 0 saturated heterocycles. The van der Waals surface area contributed by atoms with Gasteiger partial charge in [-0.3, -0.25) is 9.69 Å². The predicted molar refractivity (Wildman–Crippen MR) is 132 cm³/mol. The molecule has 0 aromatic heterocycles. The van der Waals surface area contributed by atoms with Crippen molar-refractivity contribution in [2.24, 2.45) is 0 Å². The highest BCUT2D eigenvalue weighted by Gasteiger charge is 2.16. The average Bonchev–Trinajstić information content (AvgIpc) is 2.88. The molecule has 0 spiro atoms. The van der Waals surface area contributed by atoms with E-state index < -0.39 is 6.10 Å². The third-order valence-corrected chi connectivity index (χ3v) is 5.51. The predicted octanol–water partition coefficient (Wildman–Crippen LogP) is 3.83. The summed E-state index contributed by atoms with van der Waals surface area (Å²) in [4.78, 5) is 14.4. The summed E-state index contributed by atoms with van der Waals surface area (Å²) in [5.74, 6) is 1.83. The number of amides is 1. The Morgan fingerprint density at radius 2 is 1.71 bits per heavy atom. The maximum absolute atomic E-state index is 12.5. The number of hydrogen-bond donors (Lipinski definition) is 2. The Hall–Kier alpha value is -3.55. The summed E-state index contributed by atoms with van der Waals surface area (Å²) < 4.78 is 16.8. The van der Waals surface area contributed by atoms with E-state index in [0.29, 0.717) is 49.2 Å². The largest absolute Gasteiger partial charge is 0.491 e. The van der Waals surface area contributed by atoms with Gasteiger partial charge < -0.3 is 24.6 Å². The van der Waals surface area contributed by atoms with Crippen LogP contribution >= 0.6 is 0 Å². The van der Waals surface area contributed by atoms with E-state index in [0.717, 1.165) is 11.1 Å². The van der Waals surface area contributed by atoms with Crippen LogP contribution < -0.4 is 19.5 Å². The molecule has 3 aromatic carbocycles. The first kappa shape index (κ1) is 23.6. The van der Waals surface area contributed by atoms with Gasteiger partial charge in [0.25, 0.3) is 0 Å². The monoisotopic (exact) mass is 462 g/mol. The second kappa shape index (κ2) is 11.5. The van der Waals surface area contributed by atoms with Gasteiger partial charge in [0.1, 0.15) is 31.7 Å². The summed E-state index contributed by atoms with van der Waals surface area (Å²) in [6.07, 6.45) is -0.726. The Morgan fingerprint density at radius 1 is 1.00 bits per heavy atom. The molecule has 1 aliphatic rings. The van der Waals surface area contributed by atoms with E-state index in [1.54, 1.807) is 18.2 Å². The van der Waals surface area contributed by atoms with E-state index in [1.165, 1.54) is 0 Å². The van der Waals surface area contributed by atoms with Gasteiger partial charge in [-0.2, -0.15) is 0 Å². The van der Waals surface area contributed by atoms with Gasteiger partial charge in [0.15, 0.2) is 11.5 Å². The number of ether oxygens (including phenoxy) is 3. The van der Waals surface area contributed by atoms with Crippen molar-refractivity contribution in [2.75, 3.05) is 44.8 Å². The van der Waals surface area contributed by atoms with Gasteiger partial charge in [-0.05, 0) is 41.9 Å². The molecule has 0 radical (unpaired) electrons. The maximum Gasteiger partial charge on any atom is 0.238 e. The Balaban J connectivity index is 1.23. The lowest BCUT2D eigenvalue weighted by Crippen LogP contribution is -2.40. The Morgan fingerprint density at radius 3 is 2.44 bits per heavy atom. The molecule has 1 atom stereocenters. The quantitative estimate of drug-likeness (QED) is 0.477. The zero-order valence-electron chi connectivity index (χ0n) is 19.3. The molecule has 1 heterocycles. The molecular formula is C27H30N2O5. The molecule has 1 amide bonds. The lowest BCUT2D eigenvalue weighted by atomic mass is 10.1. The molecule has 2 N–H and O–H groups in total. The Kier molecular flexibility index (Phi) is 8.01. The third kappa shape index (κ3) is 6.50. The van der Waals surface area contributed by atoms with Crippen molar-refractivity contribution in [3.05, 3.63) is 72.8 Å². The summed E-state index contributed by atoms with van der Waals surface area (Å²) in [6.45, 7) is 4.22. The first-order valence-electron chi connectivity index (χ1n) is 11.5. The van der Waals surface area contributed by atoms with E-state index in [1.807, 2.05) is 54.3 Å². The van der Waals surface area contributed by atoms with Crippen LogP contribution in [0.25, 0.3) is 11.1 Å². The molecule has 3 aromatic rings. The number of anilines is 1. The van der Waals surface area contributed by atoms with Gasteiger partial charge in [0.2, 0.25) is 5.91 Å². The summed E-state index contributed by atoms with van der Waals surface area (Å²) in [5.41, 5.74) is 2.89. The van der Waals surface area contributed by atoms with E-state index in [2.05, 4.69) is 17.4 Å². The van der Waals surface area contributed by atoms with Gasteiger partial charge in [-0.15, -0.1) is 0 Å². The number of nitrogens with zero attached hydrogens (tertiary/aromatic N) is 1. The molecular weight excluding hydrogens is 432 g/mol. The number of hydrogen-bond acceptors (Lipinski definition) is 6. The fraction of sp³-hybridized carbons (Fsp3) is 0.296. The maximum atomic E-state index is 12.5. The number of fused-ring (bicyclic) bond motifs is 1. The van der Waals surface area contributed by atoms with Gasteiger partial charge >= 0.3 is 0 Å². The zero-order valence-corrected chi connectivity index (χ0v) is 19.3.